The Kier molecular flexibility index (Phi) is 2.97. The van der Waals surface area contributed by atoms with Gasteiger partial charge >= 0.3 is 0 Å². The van der Waals surface area contributed by atoms with Crippen LogP contribution in [-0.2, 0) is 0 Å². The highest BCUT2D eigenvalue weighted by molar-refractivity contribution is 5.66. The summed E-state index contributed by atoms with van der Waals surface area (Å²) >= 11 is 0. The van der Waals surface area contributed by atoms with Crippen molar-refractivity contribution in [1.82, 2.24) is 0 Å². The average molecular weight is 223 g/mol. The average Bonchev–Trinajstić information content (AvgIpc) is 2.38. The van der Waals surface area contributed by atoms with Gasteiger partial charge in [0.25, 0.3) is 0 Å². The van der Waals surface area contributed by atoms with Crippen molar-refractivity contribution in [3.05, 3.63) is 54.1 Å². The van der Waals surface area contributed by atoms with Gasteiger partial charge in [0.05, 0.1) is 11.6 Å². The lowest BCUT2D eigenvalue weighted by atomic mass is 10.2. The van der Waals surface area contributed by atoms with Crippen LogP contribution in [0.15, 0.2) is 48.5 Å². The van der Waals surface area contributed by atoms with Gasteiger partial charge in [-0.25, -0.2) is 0 Å². The van der Waals surface area contributed by atoms with E-state index in [0.717, 1.165) is 17.1 Å². The van der Waals surface area contributed by atoms with Crippen molar-refractivity contribution >= 4 is 17.1 Å². The van der Waals surface area contributed by atoms with Crippen LogP contribution in [0, 0.1) is 11.3 Å². The summed E-state index contributed by atoms with van der Waals surface area (Å²) in [6, 6.07) is 17.3. The number of hydrogen-bond acceptors (Lipinski definition) is 3. The van der Waals surface area contributed by atoms with Crippen LogP contribution >= 0.6 is 0 Å². The fourth-order valence-electron chi connectivity index (χ4n) is 1.67. The molecule has 2 rings (SSSR count). The topological polar surface area (TPSA) is 53.0 Å². The molecule has 3 heteroatoms. The molecule has 2 N–H and O–H groups in total. The first-order chi connectivity index (χ1) is 8.20. The molecule has 0 amide bonds. The molecule has 0 aliphatic carbocycles. The first-order valence-corrected chi connectivity index (χ1v) is 5.30. The van der Waals surface area contributed by atoms with Gasteiger partial charge in [-0.1, -0.05) is 12.1 Å². The highest BCUT2D eigenvalue weighted by atomic mass is 15.1. The predicted molar refractivity (Wildman–Crippen MR) is 70.1 cm³/mol. The van der Waals surface area contributed by atoms with E-state index in [9.17, 15) is 0 Å². The van der Waals surface area contributed by atoms with E-state index in [2.05, 4.69) is 6.07 Å². The Hall–Kier alpha value is -2.47. The Bertz CT molecular complexity index is 570. The van der Waals surface area contributed by atoms with Gasteiger partial charge in [0.1, 0.15) is 0 Å². The Morgan fingerprint density at radius 1 is 1.06 bits per heavy atom. The Labute approximate surface area is 101 Å². The molecule has 0 heterocycles. The molecule has 0 aromatic heterocycles. The van der Waals surface area contributed by atoms with Gasteiger partial charge in [0, 0.05) is 24.1 Å². The summed E-state index contributed by atoms with van der Waals surface area (Å²) < 4.78 is 0. The fraction of sp³-hybridized carbons (Fsp3) is 0.0714. The third-order valence-corrected chi connectivity index (χ3v) is 2.62. The SMILES string of the molecule is CN(c1cccc(N)c1)c1cccc(C#N)c1. The molecule has 0 radical (unpaired) electrons. The second-order valence-electron chi connectivity index (χ2n) is 3.82. The third-order valence-electron chi connectivity index (χ3n) is 2.62. The molecule has 0 aliphatic rings. The summed E-state index contributed by atoms with van der Waals surface area (Å²) in [6.45, 7) is 0. The monoisotopic (exact) mass is 223 g/mol. The van der Waals surface area contributed by atoms with Crippen molar-refractivity contribution in [3.63, 3.8) is 0 Å². The second-order valence-corrected chi connectivity index (χ2v) is 3.82. The van der Waals surface area contributed by atoms with E-state index in [-0.39, 0.29) is 0 Å². The van der Waals surface area contributed by atoms with Crippen LogP contribution in [-0.4, -0.2) is 7.05 Å². The largest absolute Gasteiger partial charge is 0.399 e. The first-order valence-electron chi connectivity index (χ1n) is 5.30. The molecule has 84 valence electrons. The molecular formula is C14H13N3. The van der Waals surface area contributed by atoms with E-state index >= 15 is 0 Å². The molecule has 0 atom stereocenters. The summed E-state index contributed by atoms with van der Waals surface area (Å²) in [5.41, 5.74) is 9.10. The minimum atomic E-state index is 0.651. The highest BCUT2D eigenvalue weighted by Gasteiger charge is 2.04. The van der Waals surface area contributed by atoms with Crippen LogP contribution in [0.2, 0.25) is 0 Å². The number of nitrogens with zero attached hydrogens (tertiary/aromatic N) is 2. The Morgan fingerprint density at radius 3 is 2.35 bits per heavy atom. The van der Waals surface area contributed by atoms with Crippen LogP contribution in [0.1, 0.15) is 5.56 Å². The van der Waals surface area contributed by atoms with Gasteiger partial charge in [0.2, 0.25) is 0 Å². The number of anilines is 3. The van der Waals surface area contributed by atoms with Crippen molar-refractivity contribution in [2.75, 3.05) is 17.7 Å². The van der Waals surface area contributed by atoms with Crippen LogP contribution in [0.3, 0.4) is 0 Å². The summed E-state index contributed by atoms with van der Waals surface area (Å²) in [5, 5.41) is 8.87. The smallest absolute Gasteiger partial charge is 0.0992 e. The van der Waals surface area contributed by atoms with E-state index in [0.29, 0.717) is 5.56 Å². The lowest BCUT2D eigenvalue weighted by molar-refractivity contribution is 1.21. The van der Waals surface area contributed by atoms with Gasteiger partial charge < -0.3 is 10.6 Å². The number of benzene rings is 2. The molecule has 0 spiro atoms. The zero-order valence-electron chi connectivity index (χ0n) is 9.59. The van der Waals surface area contributed by atoms with Crippen molar-refractivity contribution in [1.29, 1.82) is 5.26 Å². The number of nitriles is 1. The van der Waals surface area contributed by atoms with E-state index in [4.69, 9.17) is 11.0 Å². The molecule has 0 bridgehead atoms. The lowest BCUT2D eigenvalue weighted by Crippen LogP contribution is -2.09. The molecule has 0 unspecified atom stereocenters. The minimum absolute atomic E-state index is 0.651. The van der Waals surface area contributed by atoms with E-state index < -0.39 is 0 Å². The second kappa shape index (κ2) is 4.58. The van der Waals surface area contributed by atoms with Gasteiger partial charge in [-0.05, 0) is 36.4 Å². The summed E-state index contributed by atoms with van der Waals surface area (Å²) in [6.07, 6.45) is 0. The molecule has 0 saturated carbocycles. The molecule has 0 aliphatic heterocycles. The summed E-state index contributed by atoms with van der Waals surface area (Å²) in [5.74, 6) is 0. The highest BCUT2D eigenvalue weighted by Crippen LogP contribution is 2.25. The molecule has 3 nitrogen and oxygen atoms in total. The maximum absolute atomic E-state index is 8.87. The van der Waals surface area contributed by atoms with Gasteiger partial charge in [-0.15, -0.1) is 0 Å². The standard InChI is InChI=1S/C14H13N3/c1-17(14-7-3-5-12(16)9-14)13-6-2-4-11(8-13)10-15/h2-9H,16H2,1H3. The Balaban J connectivity index is 2.37. The van der Waals surface area contributed by atoms with E-state index in [1.165, 1.54) is 0 Å². The summed E-state index contributed by atoms with van der Waals surface area (Å²) in [7, 11) is 1.95. The van der Waals surface area contributed by atoms with Crippen LogP contribution in [0.5, 0.6) is 0 Å². The van der Waals surface area contributed by atoms with Crippen LogP contribution < -0.4 is 10.6 Å². The van der Waals surface area contributed by atoms with Crippen molar-refractivity contribution in [2.45, 2.75) is 0 Å². The number of nitrogens with two attached hydrogens (primary N) is 1. The van der Waals surface area contributed by atoms with Crippen LogP contribution in [0.4, 0.5) is 17.1 Å². The number of hydrogen-bond donors (Lipinski definition) is 1. The summed E-state index contributed by atoms with van der Waals surface area (Å²) in [4.78, 5) is 2.00. The minimum Gasteiger partial charge on any atom is -0.399 e. The fourth-order valence-corrected chi connectivity index (χ4v) is 1.67. The first kappa shape index (κ1) is 11.0. The normalized spacial score (nSPS) is 9.65. The molecule has 0 saturated heterocycles. The van der Waals surface area contributed by atoms with Crippen molar-refractivity contribution in [2.24, 2.45) is 0 Å². The number of rotatable bonds is 2. The predicted octanol–water partition coefficient (Wildman–Crippen LogP) is 2.91. The van der Waals surface area contributed by atoms with E-state index in [1.807, 2.05) is 54.4 Å². The zero-order chi connectivity index (χ0) is 12.3. The molecule has 0 fully saturated rings. The van der Waals surface area contributed by atoms with Crippen molar-refractivity contribution < 1.29 is 0 Å². The Morgan fingerprint density at radius 2 is 1.71 bits per heavy atom. The maximum Gasteiger partial charge on any atom is 0.0992 e. The van der Waals surface area contributed by atoms with Gasteiger partial charge in [-0.3, -0.25) is 0 Å². The third kappa shape index (κ3) is 2.37. The van der Waals surface area contributed by atoms with E-state index in [1.54, 1.807) is 6.07 Å². The molecule has 17 heavy (non-hydrogen) atoms. The molecular weight excluding hydrogens is 210 g/mol. The van der Waals surface area contributed by atoms with Gasteiger partial charge in [-0.2, -0.15) is 5.26 Å². The lowest BCUT2D eigenvalue weighted by Gasteiger charge is -2.19. The van der Waals surface area contributed by atoms with Crippen LogP contribution in [0.25, 0.3) is 0 Å². The molecule has 2 aromatic carbocycles. The zero-order valence-corrected chi connectivity index (χ0v) is 9.59. The number of nitrogen functional groups attached to an aromatic ring is 1. The van der Waals surface area contributed by atoms with Gasteiger partial charge in [0.15, 0.2) is 0 Å². The van der Waals surface area contributed by atoms with Crippen molar-refractivity contribution in [3.8, 4) is 6.07 Å². The maximum atomic E-state index is 8.87. The quantitative estimate of drug-likeness (QED) is 0.796. The molecule has 2 aromatic rings.